The van der Waals surface area contributed by atoms with E-state index in [4.69, 9.17) is 14.2 Å². The molecular formula is C28H37NO4. The fourth-order valence-electron chi connectivity index (χ4n) is 5.36. The van der Waals surface area contributed by atoms with Gasteiger partial charge in [0, 0.05) is 18.4 Å². The van der Waals surface area contributed by atoms with Crippen LogP contribution < -0.4 is 4.74 Å². The van der Waals surface area contributed by atoms with E-state index in [9.17, 15) is 5.11 Å². The van der Waals surface area contributed by atoms with Crippen molar-refractivity contribution < 1.29 is 19.3 Å². The topological polar surface area (TPSA) is 51.2 Å². The van der Waals surface area contributed by atoms with E-state index >= 15 is 0 Å². The summed E-state index contributed by atoms with van der Waals surface area (Å²) in [7, 11) is 3.35. The summed E-state index contributed by atoms with van der Waals surface area (Å²) < 4.78 is 16.8. The predicted molar refractivity (Wildman–Crippen MR) is 131 cm³/mol. The van der Waals surface area contributed by atoms with Gasteiger partial charge in [-0.1, -0.05) is 42.8 Å². The van der Waals surface area contributed by atoms with Gasteiger partial charge in [0.25, 0.3) is 0 Å². The fourth-order valence-corrected chi connectivity index (χ4v) is 5.36. The monoisotopic (exact) mass is 451 g/mol. The molecule has 4 atom stereocenters. The Labute approximate surface area is 198 Å². The Morgan fingerprint density at radius 2 is 1.61 bits per heavy atom. The van der Waals surface area contributed by atoms with Crippen molar-refractivity contribution in [2.24, 2.45) is 5.92 Å². The molecule has 178 valence electrons. The van der Waals surface area contributed by atoms with E-state index < -0.39 is 0 Å². The number of methoxy groups -OCH3 is 2. The molecule has 0 radical (unpaired) electrons. The Bertz CT molecular complexity index is 874. The number of nitrogens with zero attached hydrogens (tertiary/aromatic N) is 1. The number of ether oxygens (including phenoxy) is 3. The number of aliphatic hydroxyl groups excluding tert-OH is 1. The molecule has 1 heterocycles. The Balaban J connectivity index is 1.40. The molecule has 5 nitrogen and oxygen atoms in total. The highest BCUT2D eigenvalue weighted by Crippen LogP contribution is 2.37. The molecule has 4 rings (SSSR count). The zero-order valence-corrected chi connectivity index (χ0v) is 19.9. The van der Waals surface area contributed by atoms with Gasteiger partial charge in [0.2, 0.25) is 0 Å². The minimum absolute atomic E-state index is 0.0368. The van der Waals surface area contributed by atoms with E-state index in [1.165, 1.54) is 24.8 Å². The Hall–Kier alpha value is -2.34. The van der Waals surface area contributed by atoms with Gasteiger partial charge in [-0.3, -0.25) is 4.90 Å². The number of likely N-dealkylation sites (tertiary alicyclic amines) is 1. The van der Waals surface area contributed by atoms with Gasteiger partial charge in [0.1, 0.15) is 5.75 Å². The summed E-state index contributed by atoms with van der Waals surface area (Å²) in [6, 6.07) is 16.8. The molecule has 0 amide bonds. The van der Waals surface area contributed by atoms with Crippen LogP contribution in [-0.4, -0.2) is 55.6 Å². The third-order valence-corrected chi connectivity index (χ3v) is 7.08. The molecule has 2 aliphatic rings. The van der Waals surface area contributed by atoms with E-state index in [2.05, 4.69) is 47.4 Å². The number of piperidine rings is 1. The number of benzene rings is 2. The predicted octanol–water partition coefficient (Wildman–Crippen LogP) is 5.03. The van der Waals surface area contributed by atoms with Crippen molar-refractivity contribution in [3.8, 4) is 16.9 Å². The molecule has 1 saturated carbocycles. The van der Waals surface area contributed by atoms with Gasteiger partial charge in [-0.15, -0.1) is 0 Å². The van der Waals surface area contributed by atoms with Gasteiger partial charge in [-0.2, -0.15) is 0 Å². The molecule has 1 unspecified atom stereocenters. The average molecular weight is 452 g/mol. The highest BCUT2D eigenvalue weighted by molar-refractivity contribution is 5.64. The lowest BCUT2D eigenvalue weighted by atomic mass is 9.94. The second kappa shape index (κ2) is 11.7. The molecule has 2 fully saturated rings. The summed E-state index contributed by atoms with van der Waals surface area (Å²) in [5.74, 6) is 1.13. The summed E-state index contributed by atoms with van der Waals surface area (Å²) in [4.78, 5) is 2.49. The molecule has 2 aromatic carbocycles. The lowest BCUT2D eigenvalue weighted by molar-refractivity contribution is -0.00133. The van der Waals surface area contributed by atoms with Crippen molar-refractivity contribution in [3.63, 3.8) is 0 Å². The molecule has 0 bridgehead atoms. The molecule has 0 spiro atoms. The van der Waals surface area contributed by atoms with Gasteiger partial charge in [-0.05, 0) is 67.3 Å². The van der Waals surface area contributed by atoms with Crippen LogP contribution >= 0.6 is 0 Å². The van der Waals surface area contributed by atoms with E-state index in [-0.39, 0.29) is 24.2 Å². The van der Waals surface area contributed by atoms with E-state index in [1.54, 1.807) is 20.5 Å². The van der Waals surface area contributed by atoms with Crippen LogP contribution in [0.1, 0.15) is 37.7 Å². The zero-order valence-electron chi connectivity index (χ0n) is 19.9. The quantitative estimate of drug-likeness (QED) is 0.542. The third kappa shape index (κ3) is 5.97. The third-order valence-electron chi connectivity index (χ3n) is 7.08. The number of aliphatic hydroxyl groups is 1. The van der Waals surface area contributed by atoms with Crippen molar-refractivity contribution >= 4 is 0 Å². The maximum Gasteiger partial charge on any atom is 0.118 e. The number of hydrogen-bond donors (Lipinski definition) is 1. The minimum Gasteiger partial charge on any atom is -0.505 e. The molecule has 1 saturated heterocycles. The maximum atomic E-state index is 10.9. The second-order valence-electron chi connectivity index (χ2n) is 9.17. The summed E-state index contributed by atoms with van der Waals surface area (Å²) in [6.45, 7) is 2.70. The standard InChI is InChI=1S/C28H37NO4/c1-31-18-6-7-25-27(19-26(30)28(25)29-16-4-3-5-17-29)33-20-21-8-10-22(11-9-21)23-12-14-24(32-2)15-13-23/h6,8-15,18,25-28,30H,3-5,7,16-17,19-20H2,1-2H3/t25-,26+,27?,28+/m0/s1. The molecule has 0 aromatic heterocycles. The fraction of sp³-hybridized carbons (Fsp3) is 0.500. The van der Waals surface area contributed by atoms with Crippen LogP contribution in [0.5, 0.6) is 5.75 Å². The van der Waals surface area contributed by atoms with Crippen LogP contribution in [0.25, 0.3) is 11.1 Å². The molecular weight excluding hydrogens is 414 g/mol. The van der Waals surface area contributed by atoms with Crippen molar-refractivity contribution in [2.45, 2.75) is 57.0 Å². The highest BCUT2D eigenvalue weighted by Gasteiger charge is 2.45. The van der Waals surface area contributed by atoms with E-state index in [0.717, 1.165) is 36.4 Å². The largest absolute Gasteiger partial charge is 0.505 e. The first-order valence-electron chi connectivity index (χ1n) is 12.1. The van der Waals surface area contributed by atoms with Gasteiger partial charge in [0.15, 0.2) is 0 Å². The van der Waals surface area contributed by atoms with Gasteiger partial charge in [0.05, 0.1) is 39.3 Å². The van der Waals surface area contributed by atoms with Crippen molar-refractivity contribution in [1.82, 2.24) is 4.90 Å². The smallest absolute Gasteiger partial charge is 0.118 e. The van der Waals surface area contributed by atoms with Gasteiger partial charge < -0.3 is 19.3 Å². The summed E-state index contributed by atoms with van der Waals surface area (Å²) in [5.41, 5.74) is 3.48. The summed E-state index contributed by atoms with van der Waals surface area (Å²) >= 11 is 0. The van der Waals surface area contributed by atoms with Gasteiger partial charge >= 0.3 is 0 Å². The lowest BCUT2D eigenvalue weighted by Crippen LogP contribution is -2.47. The average Bonchev–Trinajstić information content (AvgIpc) is 3.18. The number of hydrogen-bond acceptors (Lipinski definition) is 5. The molecule has 2 aromatic rings. The van der Waals surface area contributed by atoms with Crippen molar-refractivity contribution in [1.29, 1.82) is 0 Å². The Morgan fingerprint density at radius 1 is 0.939 bits per heavy atom. The number of allylic oxidation sites excluding steroid dienone is 1. The van der Waals surface area contributed by atoms with Crippen molar-refractivity contribution in [2.75, 3.05) is 27.3 Å². The van der Waals surface area contributed by atoms with Crippen LogP contribution in [0.3, 0.4) is 0 Å². The summed E-state index contributed by atoms with van der Waals surface area (Å²) in [6.07, 6.45) is 8.78. The molecule has 33 heavy (non-hydrogen) atoms. The van der Waals surface area contributed by atoms with Crippen LogP contribution in [0.4, 0.5) is 0 Å². The zero-order chi connectivity index (χ0) is 23.0. The second-order valence-corrected chi connectivity index (χ2v) is 9.17. The first kappa shape index (κ1) is 23.8. The van der Waals surface area contributed by atoms with E-state index in [0.29, 0.717) is 13.0 Å². The molecule has 1 aliphatic heterocycles. The summed E-state index contributed by atoms with van der Waals surface area (Å²) in [5, 5.41) is 10.9. The van der Waals surface area contributed by atoms with Crippen molar-refractivity contribution in [3.05, 3.63) is 66.4 Å². The first-order chi connectivity index (χ1) is 16.2. The SMILES string of the molecule is COC=CC[C@H]1C(OCc2ccc(-c3ccc(OC)cc3)cc2)C[C@@H](O)[C@@H]1N1CCCCC1. The molecule has 1 N–H and O–H groups in total. The first-order valence-corrected chi connectivity index (χ1v) is 12.1. The lowest BCUT2D eigenvalue weighted by Gasteiger charge is -2.37. The number of rotatable bonds is 9. The van der Waals surface area contributed by atoms with Gasteiger partial charge in [-0.25, -0.2) is 0 Å². The van der Waals surface area contributed by atoms with Crippen LogP contribution in [-0.2, 0) is 16.1 Å². The molecule has 1 aliphatic carbocycles. The Morgan fingerprint density at radius 3 is 2.24 bits per heavy atom. The minimum atomic E-state index is -0.341. The van der Waals surface area contributed by atoms with Crippen LogP contribution in [0.2, 0.25) is 0 Å². The Kier molecular flexibility index (Phi) is 8.43. The molecule has 5 heteroatoms. The van der Waals surface area contributed by atoms with Crippen LogP contribution in [0.15, 0.2) is 60.9 Å². The normalized spacial score (nSPS) is 26.0. The maximum absolute atomic E-state index is 10.9. The highest BCUT2D eigenvalue weighted by atomic mass is 16.5. The van der Waals surface area contributed by atoms with Crippen LogP contribution in [0, 0.1) is 5.92 Å². The van der Waals surface area contributed by atoms with E-state index in [1.807, 2.05) is 12.1 Å².